The summed E-state index contributed by atoms with van der Waals surface area (Å²) < 4.78 is 19.2. The molecule has 196 valence electrons. The van der Waals surface area contributed by atoms with Gasteiger partial charge in [0, 0.05) is 28.9 Å². The molecule has 5 rings (SSSR count). The van der Waals surface area contributed by atoms with E-state index in [0.717, 1.165) is 55.1 Å². The molecule has 3 aromatic carbocycles. The van der Waals surface area contributed by atoms with Gasteiger partial charge >= 0.3 is 0 Å². The number of carbonyl (C=O) groups is 2. The average molecular weight is 535 g/mol. The molecule has 0 aromatic heterocycles. The third kappa shape index (κ3) is 4.72. The highest BCUT2D eigenvalue weighted by Gasteiger charge is 2.43. The van der Waals surface area contributed by atoms with Gasteiger partial charge in [-0.2, -0.15) is 5.10 Å². The zero-order valence-corrected chi connectivity index (χ0v) is 21.7. The van der Waals surface area contributed by atoms with E-state index in [9.17, 15) is 14.0 Å². The molecule has 1 unspecified atom stereocenters. The van der Waals surface area contributed by atoms with Crippen LogP contribution in [0.4, 0.5) is 15.8 Å². The molecule has 2 amide bonds. The van der Waals surface area contributed by atoms with Gasteiger partial charge in [0.15, 0.2) is 0 Å². The van der Waals surface area contributed by atoms with Crippen LogP contribution in [0.3, 0.4) is 0 Å². The van der Waals surface area contributed by atoms with Crippen molar-refractivity contribution in [3.05, 3.63) is 88.2 Å². The van der Waals surface area contributed by atoms with Crippen molar-refractivity contribution in [2.24, 2.45) is 16.4 Å². The number of amides is 2. The Bertz CT molecular complexity index is 1440. The number of halogens is 2. The van der Waals surface area contributed by atoms with Crippen LogP contribution in [-0.4, -0.2) is 31.2 Å². The molecule has 1 fully saturated rings. The molecule has 0 radical (unpaired) electrons. The molecule has 7 nitrogen and oxygen atoms in total. The van der Waals surface area contributed by atoms with Gasteiger partial charge in [-0.15, -0.1) is 0 Å². The van der Waals surface area contributed by atoms with E-state index in [1.807, 2.05) is 18.2 Å². The second kappa shape index (κ2) is 10.5. The quantitative estimate of drug-likeness (QED) is 0.325. The summed E-state index contributed by atoms with van der Waals surface area (Å²) in [4.78, 5) is 28.4. The first kappa shape index (κ1) is 25.7. The lowest BCUT2D eigenvalue weighted by molar-refractivity contribution is 0.0984. The smallest absolute Gasteiger partial charge is 0.258 e. The summed E-state index contributed by atoms with van der Waals surface area (Å²) in [6.07, 6.45) is 4.48. The SMILES string of the molecule is COc1cc(C(=O)N2CCC3(CCC/C3=N\N)Cc3ccccc32)ccc1NC(=O)c1cc(F)ccc1Cl. The molecular formula is C29H28ClFN4O3. The van der Waals surface area contributed by atoms with E-state index < -0.39 is 11.7 Å². The maximum absolute atomic E-state index is 13.8. The van der Waals surface area contributed by atoms with Crippen LogP contribution in [0.25, 0.3) is 0 Å². The molecule has 1 saturated carbocycles. The van der Waals surface area contributed by atoms with Gasteiger partial charge in [-0.1, -0.05) is 29.8 Å². The number of para-hydroxylation sites is 1. The lowest BCUT2D eigenvalue weighted by Crippen LogP contribution is -2.35. The lowest BCUT2D eigenvalue weighted by atomic mass is 9.76. The molecule has 3 aromatic rings. The topological polar surface area (TPSA) is 97.0 Å². The van der Waals surface area contributed by atoms with Gasteiger partial charge in [0.2, 0.25) is 0 Å². The van der Waals surface area contributed by atoms with Crippen molar-refractivity contribution in [2.45, 2.75) is 32.1 Å². The molecule has 1 atom stereocenters. The first-order valence-corrected chi connectivity index (χ1v) is 12.8. The van der Waals surface area contributed by atoms with Crippen LogP contribution < -0.4 is 20.8 Å². The van der Waals surface area contributed by atoms with E-state index in [1.54, 1.807) is 23.1 Å². The Kier molecular flexibility index (Phi) is 7.08. The second-order valence-corrected chi connectivity index (χ2v) is 10.1. The Morgan fingerprint density at radius 2 is 1.95 bits per heavy atom. The van der Waals surface area contributed by atoms with E-state index in [0.29, 0.717) is 23.5 Å². The largest absolute Gasteiger partial charge is 0.495 e. The van der Waals surface area contributed by atoms with Gasteiger partial charge in [-0.05, 0) is 80.1 Å². The van der Waals surface area contributed by atoms with Crippen LogP contribution in [0.5, 0.6) is 5.75 Å². The molecule has 0 saturated heterocycles. The summed E-state index contributed by atoms with van der Waals surface area (Å²) in [6.45, 7) is 0.522. The highest BCUT2D eigenvalue weighted by Crippen LogP contribution is 2.46. The number of nitrogens with zero attached hydrogens (tertiary/aromatic N) is 2. The molecule has 1 heterocycles. The average Bonchev–Trinajstić information content (AvgIpc) is 3.24. The Balaban J connectivity index is 1.43. The summed E-state index contributed by atoms with van der Waals surface area (Å²) in [5, 5.41) is 6.95. The predicted octanol–water partition coefficient (Wildman–Crippen LogP) is 5.82. The first-order chi connectivity index (χ1) is 18.3. The molecule has 9 heteroatoms. The van der Waals surface area contributed by atoms with E-state index >= 15 is 0 Å². The van der Waals surface area contributed by atoms with E-state index in [4.69, 9.17) is 22.2 Å². The second-order valence-electron chi connectivity index (χ2n) is 9.72. The number of ether oxygens (including phenoxy) is 1. The number of fused-ring (bicyclic) bond motifs is 1. The normalized spacial score (nSPS) is 19.8. The Morgan fingerprint density at radius 1 is 1.13 bits per heavy atom. The van der Waals surface area contributed by atoms with Crippen molar-refractivity contribution in [3.63, 3.8) is 0 Å². The lowest BCUT2D eigenvalue weighted by Gasteiger charge is -2.28. The number of nitrogens with two attached hydrogens (primary N) is 1. The highest BCUT2D eigenvalue weighted by molar-refractivity contribution is 6.34. The molecule has 3 N–H and O–H groups in total. The Hall–Kier alpha value is -3.91. The standard InChI is InChI=1S/C29H28ClFN4O3/c1-38-25-15-18(8-11-23(25)33-27(36)21-16-20(31)9-10-22(21)30)28(37)35-14-13-29(12-4-7-26(29)34-32)17-19-5-2-3-6-24(19)35/h2-3,5-6,8-11,15-16H,4,7,12-14,17,32H2,1H3,(H,33,36)/b34-26+. The van der Waals surface area contributed by atoms with Gasteiger partial charge < -0.3 is 20.8 Å². The number of hydrogen-bond acceptors (Lipinski definition) is 5. The van der Waals surface area contributed by atoms with Crippen LogP contribution in [0.1, 0.15) is 52.0 Å². The maximum atomic E-state index is 13.8. The number of nitrogens with one attached hydrogen (secondary N) is 1. The van der Waals surface area contributed by atoms with Crippen molar-refractivity contribution in [1.82, 2.24) is 0 Å². The van der Waals surface area contributed by atoms with E-state index in [2.05, 4.69) is 16.5 Å². The number of anilines is 2. The fourth-order valence-electron chi connectivity index (χ4n) is 5.64. The van der Waals surface area contributed by atoms with Gasteiger partial charge in [0.05, 0.1) is 23.4 Å². The minimum Gasteiger partial charge on any atom is -0.495 e. The van der Waals surface area contributed by atoms with Crippen molar-refractivity contribution >= 4 is 40.5 Å². The highest BCUT2D eigenvalue weighted by atomic mass is 35.5. The van der Waals surface area contributed by atoms with Gasteiger partial charge in [0.1, 0.15) is 11.6 Å². The third-order valence-electron chi connectivity index (χ3n) is 7.58. The molecule has 2 aliphatic rings. The molecular weight excluding hydrogens is 507 g/mol. The van der Waals surface area contributed by atoms with Crippen LogP contribution in [0.2, 0.25) is 5.02 Å². The van der Waals surface area contributed by atoms with Crippen LogP contribution in [-0.2, 0) is 6.42 Å². The number of benzene rings is 3. The maximum Gasteiger partial charge on any atom is 0.258 e. The molecule has 38 heavy (non-hydrogen) atoms. The Morgan fingerprint density at radius 3 is 2.74 bits per heavy atom. The van der Waals surface area contributed by atoms with Crippen molar-refractivity contribution < 1.29 is 18.7 Å². The van der Waals surface area contributed by atoms with Gasteiger partial charge in [-0.25, -0.2) is 4.39 Å². The number of methoxy groups -OCH3 is 1. The number of hydrogen-bond donors (Lipinski definition) is 2. The van der Waals surface area contributed by atoms with Crippen LogP contribution in [0.15, 0.2) is 65.8 Å². The summed E-state index contributed by atoms with van der Waals surface area (Å²) in [5.41, 5.74) is 3.59. The first-order valence-electron chi connectivity index (χ1n) is 12.5. The monoisotopic (exact) mass is 534 g/mol. The van der Waals surface area contributed by atoms with E-state index in [1.165, 1.54) is 19.2 Å². The number of hydrazone groups is 1. The molecule has 1 aliphatic heterocycles. The summed E-state index contributed by atoms with van der Waals surface area (Å²) >= 11 is 6.08. The minimum absolute atomic E-state index is 0.00345. The predicted molar refractivity (Wildman–Crippen MR) is 147 cm³/mol. The molecule has 1 aliphatic carbocycles. The zero-order valence-electron chi connectivity index (χ0n) is 21.0. The van der Waals surface area contributed by atoms with Crippen LogP contribution >= 0.6 is 11.6 Å². The van der Waals surface area contributed by atoms with Gasteiger partial charge in [0.25, 0.3) is 11.8 Å². The Labute approximate surface area is 225 Å². The fraction of sp³-hybridized carbons (Fsp3) is 0.276. The van der Waals surface area contributed by atoms with Crippen LogP contribution in [0, 0.1) is 11.2 Å². The van der Waals surface area contributed by atoms with Crippen molar-refractivity contribution in [1.29, 1.82) is 0 Å². The summed E-state index contributed by atoms with van der Waals surface area (Å²) in [6, 6.07) is 16.3. The fourth-order valence-corrected chi connectivity index (χ4v) is 5.85. The summed E-state index contributed by atoms with van der Waals surface area (Å²) in [7, 11) is 1.45. The number of rotatable bonds is 4. The zero-order chi connectivity index (χ0) is 26.9. The van der Waals surface area contributed by atoms with Crippen molar-refractivity contribution in [3.8, 4) is 5.75 Å². The molecule has 1 spiro atoms. The minimum atomic E-state index is -0.590. The third-order valence-corrected chi connectivity index (χ3v) is 7.91. The summed E-state index contributed by atoms with van der Waals surface area (Å²) in [5.74, 6) is 4.72. The molecule has 0 bridgehead atoms. The van der Waals surface area contributed by atoms with Gasteiger partial charge in [-0.3, -0.25) is 9.59 Å². The number of carbonyl (C=O) groups excluding carboxylic acids is 2. The van der Waals surface area contributed by atoms with Crippen molar-refractivity contribution in [2.75, 3.05) is 23.9 Å². The van der Waals surface area contributed by atoms with E-state index in [-0.39, 0.29) is 21.9 Å².